The molecule has 1 aliphatic rings. The van der Waals surface area contributed by atoms with E-state index in [0.29, 0.717) is 19.7 Å². The second kappa shape index (κ2) is 6.74. The van der Waals surface area contributed by atoms with Gasteiger partial charge in [0.1, 0.15) is 5.69 Å². The van der Waals surface area contributed by atoms with Gasteiger partial charge in [-0.15, -0.1) is 0 Å². The molecule has 1 N–H and O–H groups in total. The van der Waals surface area contributed by atoms with Gasteiger partial charge >= 0.3 is 0 Å². The van der Waals surface area contributed by atoms with Crippen LogP contribution >= 0.6 is 15.9 Å². The molecule has 5 nitrogen and oxygen atoms in total. The van der Waals surface area contributed by atoms with Crippen molar-refractivity contribution < 1.29 is 9.53 Å². The van der Waals surface area contributed by atoms with Gasteiger partial charge in [0.05, 0.1) is 12.7 Å². The number of amides is 1. The Hall–Kier alpha value is -0.850. The van der Waals surface area contributed by atoms with Crippen molar-refractivity contribution >= 4 is 21.8 Å². The SMILES string of the molecule is CNCC1CN(C(=O)c2cc(Br)cn2C(C)C)CCO1. The first-order valence-electron chi connectivity index (χ1n) is 6.95. The van der Waals surface area contributed by atoms with Crippen molar-refractivity contribution in [2.24, 2.45) is 0 Å². The van der Waals surface area contributed by atoms with Gasteiger partial charge in [0.2, 0.25) is 0 Å². The molecule has 1 aromatic heterocycles. The lowest BCUT2D eigenvalue weighted by molar-refractivity contribution is -0.0200. The van der Waals surface area contributed by atoms with E-state index in [2.05, 4.69) is 35.1 Å². The number of nitrogens with zero attached hydrogens (tertiary/aromatic N) is 2. The molecule has 0 aliphatic carbocycles. The highest BCUT2D eigenvalue weighted by Crippen LogP contribution is 2.21. The molecule has 1 atom stereocenters. The number of aromatic nitrogens is 1. The molecule has 1 fully saturated rings. The molecule has 0 aromatic carbocycles. The van der Waals surface area contributed by atoms with Crippen molar-refractivity contribution in [1.29, 1.82) is 0 Å². The molecule has 1 unspecified atom stereocenters. The number of halogens is 1. The number of carbonyl (C=O) groups is 1. The number of rotatable bonds is 4. The fourth-order valence-electron chi connectivity index (χ4n) is 2.46. The van der Waals surface area contributed by atoms with E-state index >= 15 is 0 Å². The molecule has 0 bridgehead atoms. The third kappa shape index (κ3) is 3.42. The molecule has 112 valence electrons. The van der Waals surface area contributed by atoms with E-state index in [4.69, 9.17) is 4.74 Å². The Balaban J connectivity index is 2.14. The van der Waals surface area contributed by atoms with Crippen molar-refractivity contribution in [2.45, 2.75) is 26.0 Å². The van der Waals surface area contributed by atoms with Crippen LogP contribution in [0.1, 0.15) is 30.4 Å². The molecule has 0 radical (unpaired) electrons. The van der Waals surface area contributed by atoms with Crippen LogP contribution in [0, 0.1) is 0 Å². The zero-order valence-electron chi connectivity index (χ0n) is 12.2. The van der Waals surface area contributed by atoms with Crippen LogP contribution < -0.4 is 5.32 Å². The van der Waals surface area contributed by atoms with Crippen LogP contribution in [0.5, 0.6) is 0 Å². The number of carbonyl (C=O) groups excluding carboxylic acids is 1. The maximum absolute atomic E-state index is 12.7. The van der Waals surface area contributed by atoms with Crippen molar-refractivity contribution in [3.8, 4) is 0 Å². The van der Waals surface area contributed by atoms with E-state index in [1.54, 1.807) is 0 Å². The second-order valence-corrected chi connectivity index (χ2v) is 6.26. The summed E-state index contributed by atoms with van der Waals surface area (Å²) in [6, 6.07) is 2.15. The van der Waals surface area contributed by atoms with E-state index in [0.717, 1.165) is 16.7 Å². The normalized spacial score (nSPS) is 19.6. The first kappa shape index (κ1) is 15.5. The Morgan fingerprint density at radius 2 is 2.35 bits per heavy atom. The average molecular weight is 344 g/mol. The third-order valence-corrected chi connectivity index (χ3v) is 3.88. The number of hydrogen-bond donors (Lipinski definition) is 1. The van der Waals surface area contributed by atoms with Gasteiger partial charge in [-0.1, -0.05) is 0 Å². The highest BCUT2D eigenvalue weighted by atomic mass is 79.9. The molecule has 1 amide bonds. The number of hydrogen-bond acceptors (Lipinski definition) is 3. The molecular formula is C14H22BrN3O2. The lowest BCUT2D eigenvalue weighted by Crippen LogP contribution is -2.49. The van der Waals surface area contributed by atoms with Gasteiger partial charge < -0.3 is 19.5 Å². The van der Waals surface area contributed by atoms with Crippen LogP contribution in [0.4, 0.5) is 0 Å². The summed E-state index contributed by atoms with van der Waals surface area (Å²) >= 11 is 3.45. The number of ether oxygens (including phenoxy) is 1. The Kier molecular flexibility index (Phi) is 5.23. The predicted molar refractivity (Wildman–Crippen MR) is 82.1 cm³/mol. The molecule has 2 heterocycles. The fraction of sp³-hybridized carbons (Fsp3) is 0.643. The quantitative estimate of drug-likeness (QED) is 0.908. The molecule has 1 aromatic rings. The third-order valence-electron chi connectivity index (χ3n) is 3.45. The predicted octanol–water partition coefficient (Wildman–Crippen LogP) is 1.89. The van der Waals surface area contributed by atoms with Crippen molar-refractivity contribution in [1.82, 2.24) is 14.8 Å². The van der Waals surface area contributed by atoms with Gasteiger partial charge in [-0.2, -0.15) is 0 Å². The first-order valence-corrected chi connectivity index (χ1v) is 7.75. The topological polar surface area (TPSA) is 46.5 Å². The monoisotopic (exact) mass is 343 g/mol. The van der Waals surface area contributed by atoms with Crippen LogP contribution in [0.3, 0.4) is 0 Å². The zero-order valence-corrected chi connectivity index (χ0v) is 13.8. The van der Waals surface area contributed by atoms with Gasteiger partial charge in [0.25, 0.3) is 5.91 Å². The highest BCUT2D eigenvalue weighted by molar-refractivity contribution is 9.10. The molecule has 2 rings (SSSR count). The van der Waals surface area contributed by atoms with Crippen LogP contribution in [-0.4, -0.2) is 54.8 Å². The fourth-order valence-corrected chi connectivity index (χ4v) is 2.90. The molecular weight excluding hydrogens is 322 g/mol. The van der Waals surface area contributed by atoms with E-state index < -0.39 is 0 Å². The highest BCUT2D eigenvalue weighted by Gasteiger charge is 2.27. The molecule has 1 aliphatic heterocycles. The van der Waals surface area contributed by atoms with Gasteiger partial charge in [-0.05, 0) is 42.9 Å². The van der Waals surface area contributed by atoms with Crippen LogP contribution in [0.25, 0.3) is 0 Å². The number of likely N-dealkylation sites (N-methyl/N-ethyl adjacent to an activating group) is 1. The second-order valence-electron chi connectivity index (χ2n) is 5.35. The van der Waals surface area contributed by atoms with E-state index in [1.807, 2.05) is 28.8 Å². The summed E-state index contributed by atoms with van der Waals surface area (Å²) in [5.41, 5.74) is 0.733. The zero-order chi connectivity index (χ0) is 14.7. The van der Waals surface area contributed by atoms with Gasteiger partial charge in [0, 0.05) is 36.3 Å². The molecule has 0 saturated carbocycles. The summed E-state index contributed by atoms with van der Waals surface area (Å²) in [6.07, 6.45) is 2.03. The maximum Gasteiger partial charge on any atom is 0.270 e. The minimum atomic E-state index is 0.0728. The summed E-state index contributed by atoms with van der Waals surface area (Å²) in [6.45, 7) is 6.81. The van der Waals surface area contributed by atoms with Crippen LogP contribution in [-0.2, 0) is 4.74 Å². The van der Waals surface area contributed by atoms with E-state index in [-0.39, 0.29) is 18.1 Å². The van der Waals surface area contributed by atoms with E-state index in [9.17, 15) is 4.79 Å². The van der Waals surface area contributed by atoms with E-state index in [1.165, 1.54) is 0 Å². The summed E-state index contributed by atoms with van der Waals surface area (Å²) in [4.78, 5) is 14.6. The maximum atomic E-state index is 12.7. The molecule has 6 heteroatoms. The summed E-state index contributed by atoms with van der Waals surface area (Å²) in [7, 11) is 1.89. The molecule has 1 saturated heterocycles. The lowest BCUT2D eigenvalue weighted by Gasteiger charge is -2.33. The van der Waals surface area contributed by atoms with Crippen molar-refractivity contribution in [3.05, 3.63) is 22.4 Å². The Morgan fingerprint density at radius 3 is 3.00 bits per heavy atom. The van der Waals surface area contributed by atoms with Gasteiger partial charge in [-0.25, -0.2) is 0 Å². The molecule has 0 spiro atoms. The first-order chi connectivity index (χ1) is 9.52. The summed E-state index contributed by atoms with van der Waals surface area (Å²) in [5.74, 6) is 0.0776. The average Bonchev–Trinajstić information content (AvgIpc) is 2.81. The minimum absolute atomic E-state index is 0.0728. The van der Waals surface area contributed by atoms with Gasteiger partial charge in [0.15, 0.2) is 0 Å². The molecule has 20 heavy (non-hydrogen) atoms. The van der Waals surface area contributed by atoms with Crippen molar-refractivity contribution in [2.75, 3.05) is 33.3 Å². The number of morpholine rings is 1. The lowest BCUT2D eigenvalue weighted by atomic mass is 10.2. The van der Waals surface area contributed by atoms with Crippen LogP contribution in [0.15, 0.2) is 16.7 Å². The van der Waals surface area contributed by atoms with Crippen molar-refractivity contribution in [3.63, 3.8) is 0 Å². The summed E-state index contributed by atoms with van der Waals surface area (Å²) in [5, 5.41) is 3.09. The number of nitrogens with one attached hydrogen (secondary N) is 1. The smallest absolute Gasteiger partial charge is 0.270 e. The van der Waals surface area contributed by atoms with Crippen LogP contribution in [0.2, 0.25) is 0 Å². The Labute approximate surface area is 128 Å². The minimum Gasteiger partial charge on any atom is -0.373 e. The largest absolute Gasteiger partial charge is 0.373 e. The Morgan fingerprint density at radius 1 is 1.60 bits per heavy atom. The standard InChI is InChI=1S/C14H22BrN3O2/c1-10(2)18-8-11(15)6-13(18)14(19)17-4-5-20-12(9-17)7-16-3/h6,8,10,12,16H,4-5,7,9H2,1-3H3. The van der Waals surface area contributed by atoms with Gasteiger partial charge in [-0.3, -0.25) is 4.79 Å². The Bertz CT molecular complexity index is 471. The summed E-state index contributed by atoms with van der Waals surface area (Å²) < 4.78 is 8.59.